The monoisotopic (exact) mass is 503 g/mol. The number of guanidine groups is 1. The summed E-state index contributed by atoms with van der Waals surface area (Å²) in [5.74, 6) is 0.784. The molecule has 0 aliphatic carbocycles. The molecule has 0 atom stereocenters. The van der Waals surface area contributed by atoms with Crippen molar-refractivity contribution in [1.29, 1.82) is 0 Å². The predicted octanol–water partition coefficient (Wildman–Crippen LogP) is 1.71. The third-order valence-electron chi connectivity index (χ3n) is 4.53. The Kier molecular flexibility index (Phi) is 13.9. The van der Waals surface area contributed by atoms with Crippen molar-refractivity contribution >= 4 is 40.0 Å². The average Bonchev–Trinajstić information content (AvgIpc) is 2.57. The molecule has 0 aromatic carbocycles. The van der Waals surface area contributed by atoms with Gasteiger partial charge in [-0.3, -0.25) is 4.99 Å². The highest BCUT2D eigenvalue weighted by Gasteiger charge is 2.20. The maximum Gasteiger partial charge on any atom is 0.215 e. The minimum atomic E-state index is -3.22. The summed E-state index contributed by atoms with van der Waals surface area (Å²) in [4.78, 5) is 6.97. The van der Waals surface area contributed by atoms with E-state index in [2.05, 4.69) is 27.4 Å². The fourth-order valence-corrected chi connectivity index (χ4v) is 4.52. The minimum absolute atomic E-state index is 0. The van der Waals surface area contributed by atoms with Gasteiger partial charge in [-0.2, -0.15) is 0 Å². The first-order valence-corrected chi connectivity index (χ1v) is 11.3. The number of sulfonamides is 1. The highest BCUT2D eigenvalue weighted by Crippen LogP contribution is 2.10. The summed E-state index contributed by atoms with van der Waals surface area (Å²) < 4.78 is 26.0. The molecule has 0 aromatic rings. The van der Waals surface area contributed by atoms with Crippen LogP contribution in [0.3, 0.4) is 0 Å². The van der Waals surface area contributed by atoms with E-state index in [9.17, 15) is 8.42 Å². The van der Waals surface area contributed by atoms with Gasteiger partial charge in [-0.05, 0) is 32.7 Å². The van der Waals surface area contributed by atoms with E-state index in [1.165, 1.54) is 17.3 Å². The van der Waals surface area contributed by atoms with Crippen LogP contribution in [0.1, 0.15) is 47.0 Å². The van der Waals surface area contributed by atoms with Crippen LogP contribution in [0.5, 0.6) is 0 Å². The van der Waals surface area contributed by atoms with Gasteiger partial charge in [0.2, 0.25) is 10.0 Å². The van der Waals surface area contributed by atoms with Gasteiger partial charge in [0.1, 0.15) is 0 Å². The summed E-state index contributed by atoms with van der Waals surface area (Å²) in [6.45, 7) is 13.4. The van der Waals surface area contributed by atoms with Crippen LogP contribution in [0.15, 0.2) is 4.99 Å². The van der Waals surface area contributed by atoms with Crippen LogP contribution in [0.2, 0.25) is 0 Å². The first kappa shape index (κ1) is 25.9. The largest absolute Gasteiger partial charge is 0.357 e. The van der Waals surface area contributed by atoms with Crippen molar-refractivity contribution in [3.63, 3.8) is 0 Å². The van der Waals surface area contributed by atoms with E-state index in [0.29, 0.717) is 19.1 Å². The number of aliphatic imine (C=N–C) groups is 1. The molecule has 2 N–H and O–H groups in total. The Labute approximate surface area is 177 Å². The van der Waals surface area contributed by atoms with Crippen molar-refractivity contribution in [2.75, 3.05) is 51.6 Å². The molecule has 1 saturated heterocycles. The second kappa shape index (κ2) is 14.0. The van der Waals surface area contributed by atoms with Gasteiger partial charge < -0.3 is 15.5 Å². The highest BCUT2D eigenvalue weighted by atomic mass is 127. The Hall–Kier alpha value is -0.130. The van der Waals surface area contributed by atoms with Crippen LogP contribution in [0.4, 0.5) is 0 Å². The van der Waals surface area contributed by atoms with Crippen molar-refractivity contribution in [2.24, 2.45) is 4.99 Å². The molecule has 1 fully saturated rings. The molecular weight excluding hydrogens is 465 g/mol. The van der Waals surface area contributed by atoms with Crippen molar-refractivity contribution in [3.8, 4) is 0 Å². The molecular formula is C17H38IN5O2S. The lowest BCUT2D eigenvalue weighted by Crippen LogP contribution is -2.49. The van der Waals surface area contributed by atoms with Crippen LogP contribution in [-0.2, 0) is 10.0 Å². The van der Waals surface area contributed by atoms with Crippen molar-refractivity contribution in [1.82, 2.24) is 19.8 Å². The number of hydrogen-bond acceptors (Lipinski definition) is 4. The Morgan fingerprint density at radius 1 is 1.15 bits per heavy atom. The zero-order chi connectivity index (χ0) is 18.7. The topological polar surface area (TPSA) is 77.0 Å². The number of halogens is 1. The number of rotatable bonds is 10. The summed E-state index contributed by atoms with van der Waals surface area (Å²) in [6, 6.07) is 0.408. The smallest absolute Gasteiger partial charge is 0.215 e. The summed E-state index contributed by atoms with van der Waals surface area (Å²) in [6.07, 6.45) is 3.40. The SMILES string of the molecule is CCCN1CCC(NC(=NCCS(=O)(=O)N(CC)CC)NCC)CC1.I. The minimum Gasteiger partial charge on any atom is -0.357 e. The standard InChI is InChI=1S/C17H37N5O2S.HI/c1-5-12-21-13-9-16(10-14-21)20-17(18-6-2)19-11-15-25(23,24)22(7-3)8-4;/h16H,5-15H2,1-4H3,(H2,18,19,20);1H. The molecule has 0 radical (unpaired) electrons. The van der Waals surface area contributed by atoms with E-state index in [4.69, 9.17) is 0 Å². The molecule has 1 heterocycles. The van der Waals surface area contributed by atoms with E-state index in [1.54, 1.807) is 0 Å². The fraction of sp³-hybridized carbons (Fsp3) is 0.941. The quantitative estimate of drug-likeness (QED) is 0.270. The molecule has 26 heavy (non-hydrogen) atoms. The fourth-order valence-electron chi connectivity index (χ4n) is 3.15. The zero-order valence-corrected chi connectivity index (χ0v) is 20.0. The zero-order valence-electron chi connectivity index (χ0n) is 16.8. The molecule has 1 aliphatic heterocycles. The number of hydrogen-bond donors (Lipinski definition) is 2. The van der Waals surface area contributed by atoms with Gasteiger partial charge in [-0.25, -0.2) is 12.7 Å². The summed E-state index contributed by atoms with van der Waals surface area (Å²) in [5, 5.41) is 6.69. The van der Waals surface area contributed by atoms with Gasteiger partial charge in [-0.15, -0.1) is 24.0 Å². The van der Waals surface area contributed by atoms with Crippen LogP contribution in [0, 0.1) is 0 Å². The third kappa shape index (κ3) is 9.18. The van der Waals surface area contributed by atoms with E-state index < -0.39 is 10.0 Å². The second-order valence-electron chi connectivity index (χ2n) is 6.42. The molecule has 0 saturated carbocycles. The molecule has 9 heteroatoms. The van der Waals surface area contributed by atoms with Crippen LogP contribution >= 0.6 is 24.0 Å². The van der Waals surface area contributed by atoms with Crippen LogP contribution in [0.25, 0.3) is 0 Å². The van der Waals surface area contributed by atoms with Crippen molar-refractivity contribution in [2.45, 2.75) is 53.0 Å². The molecule has 156 valence electrons. The normalized spacial score (nSPS) is 17.2. The van der Waals surface area contributed by atoms with Gasteiger partial charge in [-0.1, -0.05) is 20.8 Å². The molecule has 0 bridgehead atoms. The van der Waals surface area contributed by atoms with Gasteiger partial charge in [0.25, 0.3) is 0 Å². The highest BCUT2D eigenvalue weighted by molar-refractivity contribution is 14.0. The first-order chi connectivity index (χ1) is 12.0. The molecule has 0 amide bonds. The number of nitrogens with zero attached hydrogens (tertiary/aromatic N) is 3. The van der Waals surface area contributed by atoms with Crippen molar-refractivity contribution < 1.29 is 8.42 Å². The molecule has 7 nitrogen and oxygen atoms in total. The molecule has 0 spiro atoms. The van der Waals surface area contributed by atoms with Crippen LogP contribution in [-0.4, -0.2) is 81.2 Å². The van der Waals surface area contributed by atoms with E-state index in [1.807, 2.05) is 20.8 Å². The van der Waals surface area contributed by atoms with E-state index in [-0.39, 0.29) is 36.3 Å². The lowest BCUT2D eigenvalue weighted by Gasteiger charge is -2.32. The Morgan fingerprint density at radius 2 is 1.77 bits per heavy atom. The van der Waals surface area contributed by atoms with E-state index in [0.717, 1.165) is 38.4 Å². The summed E-state index contributed by atoms with van der Waals surface area (Å²) in [5.41, 5.74) is 0. The van der Waals surface area contributed by atoms with Gasteiger partial charge in [0.15, 0.2) is 5.96 Å². The predicted molar refractivity (Wildman–Crippen MR) is 121 cm³/mol. The van der Waals surface area contributed by atoms with Gasteiger partial charge in [0.05, 0.1) is 12.3 Å². The summed E-state index contributed by atoms with van der Waals surface area (Å²) in [7, 11) is -3.22. The average molecular weight is 503 g/mol. The maximum atomic E-state index is 12.2. The number of nitrogens with one attached hydrogen (secondary N) is 2. The Bertz CT molecular complexity index is 489. The third-order valence-corrected chi connectivity index (χ3v) is 6.53. The molecule has 1 rings (SSSR count). The molecule has 0 unspecified atom stereocenters. The van der Waals surface area contributed by atoms with Gasteiger partial charge >= 0.3 is 0 Å². The lowest BCUT2D eigenvalue weighted by atomic mass is 10.1. The first-order valence-electron chi connectivity index (χ1n) is 9.71. The Morgan fingerprint density at radius 3 is 2.27 bits per heavy atom. The van der Waals surface area contributed by atoms with Crippen molar-refractivity contribution in [3.05, 3.63) is 0 Å². The second-order valence-corrected chi connectivity index (χ2v) is 8.51. The molecule has 0 aromatic heterocycles. The lowest BCUT2D eigenvalue weighted by molar-refractivity contribution is 0.206. The van der Waals surface area contributed by atoms with E-state index >= 15 is 0 Å². The summed E-state index contributed by atoms with van der Waals surface area (Å²) >= 11 is 0. The van der Waals surface area contributed by atoms with Gasteiger partial charge in [0, 0.05) is 38.8 Å². The molecule has 1 aliphatic rings. The Balaban J connectivity index is 0.00000625. The van der Waals surface area contributed by atoms with Crippen LogP contribution < -0.4 is 10.6 Å². The number of likely N-dealkylation sites (tertiary alicyclic amines) is 1. The maximum absolute atomic E-state index is 12.2. The number of piperidine rings is 1.